The minimum absolute atomic E-state index is 0.987. The number of aryl methyl sites for hydroxylation is 1. The topological polar surface area (TPSA) is 12.9 Å². The lowest BCUT2D eigenvalue weighted by Crippen LogP contribution is -2.02. The minimum atomic E-state index is 0.987. The zero-order chi connectivity index (χ0) is 16.6. The lowest BCUT2D eigenvalue weighted by atomic mass is 9.89. The van der Waals surface area contributed by atoms with Crippen LogP contribution in [0.25, 0.3) is 0 Å². The Labute approximate surface area is 145 Å². The molecule has 0 aromatic carbocycles. The molecule has 0 aliphatic heterocycles. The highest BCUT2D eigenvalue weighted by atomic mass is 14.6. The van der Waals surface area contributed by atoms with E-state index < -0.39 is 0 Å². The molecule has 0 aliphatic rings. The van der Waals surface area contributed by atoms with Gasteiger partial charge in [-0.3, -0.25) is 4.98 Å². The van der Waals surface area contributed by atoms with Crippen molar-refractivity contribution in [1.82, 2.24) is 4.98 Å². The molecule has 1 rings (SSSR count). The van der Waals surface area contributed by atoms with Crippen molar-refractivity contribution < 1.29 is 0 Å². The summed E-state index contributed by atoms with van der Waals surface area (Å²) in [6, 6.07) is 4.32. The van der Waals surface area contributed by atoms with Crippen molar-refractivity contribution >= 4 is 0 Å². The predicted octanol–water partition coefficient (Wildman–Crippen LogP) is 7.35. The molecular weight excluding hydrogens is 278 g/mol. The fraction of sp³-hybridized carbons (Fsp3) is 0.773. The molecule has 1 nitrogen and oxygen atoms in total. The Morgan fingerprint density at radius 2 is 1.22 bits per heavy atom. The van der Waals surface area contributed by atoms with Crippen molar-refractivity contribution in [3.63, 3.8) is 0 Å². The Balaban J connectivity index is 2.18. The van der Waals surface area contributed by atoms with E-state index >= 15 is 0 Å². The number of hydrogen-bond donors (Lipinski definition) is 0. The van der Waals surface area contributed by atoms with E-state index in [-0.39, 0.29) is 0 Å². The average molecular weight is 318 g/mol. The van der Waals surface area contributed by atoms with E-state index in [1.807, 2.05) is 12.4 Å². The highest BCUT2D eigenvalue weighted by molar-refractivity contribution is 5.09. The third-order valence-corrected chi connectivity index (χ3v) is 5.01. The summed E-state index contributed by atoms with van der Waals surface area (Å²) in [5.74, 6) is 0.987. The molecule has 0 radical (unpaired) electrons. The smallest absolute Gasteiger partial charge is 0.0270 e. The molecule has 1 aromatic rings. The van der Waals surface area contributed by atoms with Crippen molar-refractivity contribution in [3.8, 4) is 0 Å². The zero-order valence-corrected chi connectivity index (χ0v) is 15.7. The number of unbranched alkanes of at least 4 members (excludes halogenated alkanes) is 7. The summed E-state index contributed by atoms with van der Waals surface area (Å²) >= 11 is 0. The van der Waals surface area contributed by atoms with Gasteiger partial charge in [0.25, 0.3) is 0 Å². The van der Waals surface area contributed by atoms with Gasteiger partial charge in [0.05, 0.1) is 0 Å². The zero-order valence-electron chi connectivity index (χ0n) is 15.7. The number of nitrogens with zero attached hydrogens (tertiary/aromatic N) is 1. The predicted molar refractivity (Wildman–Crippen MR) is 103 cm³/mol. The van der Waals surface area contributed by atoms with Crippen molar-refractivity contribution in [2.45, 2.75) is 104 Å². The van der Waals surface area contributed by atoms with Crippen molar-refractivity contribution in [1.29, 1.82) is 0 Å². The molecule has 0 bridgehead atoms. The van der Waals surface area contributed by atoms with E-state index in [4.69, 9.17) is 0 Å². The van der Waals surface area contributed by atoms with Gasteiger partial charge >= 0.3 is 0 Å². The highest BCUT2D eigenvalue weighted by Crippen LogP contribution is 2.24. The first-order chi connectivity index (χ1) is 11.4. The highest BCUT2D eigenvalue weighted by Gasteiger charge is 2.08. The van der Waals surface area contributed by atoms with Gasteiger partial charge in [0, 0.05) is 12.4 Å². The van der Waals surface area contributed by atoms with E-state index in [0.717, 1.165) is 5.92 Å². The van der Waals surface area contributed by atoms with Gasteiger partial charge in [-0.1, -0.05) is 90.9 Å². The molecule has 132 valence electrons. The van der Waals surface area contributed by atoms with Crippen LogP contribution in [0.4, 0.5) is 0 Å². The number of pyridine rings is 1. The van der Waals surface area contributed by atoms with Crippen LogP contribution in [0.5, 0.6) is 0 Å². The van der Waals surface area contributed by atoms with Gasteiger partial charge in [-0.25, -0.2) is 0 Å². The first-order valence-electron chi connectivity index (χ1n) is 10.3. The molecule has 0 saturated heterocycles. The maximum atomic E-state index is 4.10. The molecule has 0 amide bonds. The minimum Gasteiger partial charge on any atom is -0.265 e. The normalized spacial score (nSPS) is 11.3. The van der Waals surface area contributed by atoms with E-state index in [1.54, 1.807) is 0 Å². The second-order valence-electron chi connectivity index (χ2n) is 7.17. The molecule has 1 heterocycles. The summed E-state index contributed by atoms with van der Waals surface area (Å²) in [4.78, 5) is 4.10. The van der Waals surface area contributed by atoms with Crippen molar-refractivity contribution in [3.05, 3.63) is 30.1 Å². The Bertz CT molecular complexity index is 334. The number of hydrogen-bond acceptors (Lipinski definition) is 1. The molecule has 0 N–H and O–H groups in total. The standard InChI is InChI=1S/C22H39N/c1-3-5-7-9-13-21(14-10-8-6-4-2)15-11-12-16-22-17-19-23-20-18-22/h17-21H,3-16H2,1-2H3. The summed E-state index contributed by atoms with van der Waals surface area (Å²) < 4.78 is 0. The van der Waals surface area contributed by atoms with Gasteiger partial charge in [-0.05, 0) is 36.5 Å². The van der Waals surface area contributed by atoms with E-state index in [9.17, 15) is 0 Å². The monoisotopic (exact) mass is 317 g/mol. The van der Waals surface area contributed by atoms with Gasteiger partial charge in [0.15, 0.2) is 0 Å². The van der Waals surface area contributed by atoms with E-state index in [2.05, 4.69) is 31.0 Å². The molecular formula is C22H39N. The maximum absolute atomic E-state index is 4.10. The van der Waals surface area contributed by atoms with Gasteiger partial charge in [0.2, 0.25) is 0 Å². The van der Waals surface area contributed by atoms with Crippen LogP contribution in [0.15, 0.2) is 24.5 Å². The molecule has 0 fully saturated rings. The molecule has 23 heavy (non-hydrogen) atoms. The lowest BCUT2D eigenvalue weighted by molar-refractivity contribution is 0.370. The second kappa shape index (κ2) is 14.7. The van der Waals surface area contributed by atoms with Crippen LogP contribution in [0.2, 0.25) is 0 Å². The van der Waals surface area contributed by atoms with E-state index in [1.165, 1.54) is 95.5 Å². The summed E-state index contributed by atoms with van der Waals surface area (Å²) in [6.07, 6.45) is 23.5. The molecule has 0 spiro atoms. The third-order valence-electron chi connectivity index (χ3n) is 5.01. The SMILES string of the molecule is CCCCCCC(CCCCCC)CCCCc1ccncc1. The fourth-order valence-corrected chi connectivity index (χ4v) is 3.46. The van der Waals surface area contributed by atoms with E-state index in [0.29, 0.717) is 0 Å². The molecule has 1 aromatic heterocycles. The first-order valence-corrected chi connectivity index (χ1v) is 10.3. The third kappa shape index (κ3) is 11.3. The van der Waals surface area contributed by atoms with Gasteiger partial charge in [-0.2, -0.15) is 0 Å². The number of aromatic nitrogens is 1. The first kappa shape index (κ1) is 20.2. The number of rotatable bonds is 15. The van der Waals surface area contributed by atoms with Crippen LogP contribution >= 0.6 is 0 Å². The van der Waals surface area contributed by atoms with Crippen molar-refractivity contribution in [2.24, 2.45) is 5.92 Å². The van der Waals surface area contributed by atoms with Gasteiger partial charge < -0.3 is 0 Å². The van der Waals surface area contributed by atoms with Crippen LogP contribution in [-0.4, -0.2) is 4.98 Å². The Morgan fingerprint density at radius 3 is 1.74 bits per heavy atom. The Kier molecular flexibility index (Phi) is 12.9. The van der Waals surface area contributed by atoms with Crippen LogP contribution in [0, 0.1) is 5.92 Å². The quantitative estimate of drug-likeness (QED) is 0.308. The Morgan fingerprint density at radius 1 is 0.696 bits per heavy atom. The van der Waals surface area contributed by atoms with Crippen molar-refractivity contribution in [2.75, 3.05) is 0 Å². The Hall–Kier alpha value is -0.850. The average Bonchev–Trinajstić information content (AvgIpc) is 2.59. The molecule has 1 heteroatoms. The summed E-state index contributed by atoms with van der Waals surface area (Å²) in [6.45, 7) is 4.61. The molecule has 0 saturated carbocycles. The molecule has 0 unspecified atom stereocenters. The summed E-state index contributed by atoms with van der Waals surface area (Å²) in [7, 11) is 0. The van der Waals surface area contributed by atoms with Crippen LogP contribution in [0.3, 0.4) is 0 Å². The second-order valence-corrected chi connectivity index (χ2v) is 7.17. The summed E-state index contributed by atoms with van der Waals surface area (Å²) in [5.41, 5.74) is 1.45. The van der Waals surface area contributed by atoms with Crippen LogP contribution < -0.4 is 0 Å². The summed E-state index contributed by atoms with van der Waals surface area (Å²) in [5, 5.41) is 0. The molecule has 0 aliphatic carbocycles. The molecule has 0 atom stereocenters. The maximum Gasteiger partial charge on any atom is 0.0270 e. The van der Waals surface area contributed by atoms with Crippen LogP contribution in [0.1, 0.15) is 103 Å². The van der Waals surface area contributed by atoms with Gasteiger partial charge in [0.1, 0.15) is 0 Å². The van der Waals surface area contributed by atoms with Crippen LogP contribution in [-0.2, 0) is 6.42 Å². The van der Waals surface area contributed by atoms with Gasteiger partial charge in [-0.15, -0.1) is 0 Å². The fourth-order valence-electron chi connectivity index (χ4n) is 3.46. The lowest BCUT2D eigenvalue weighted by Gasteiger charge is -2.17. The largest absolute Gasteiger partial charge is 0.265 e.